The van der Waals surface area contributed by atoms with Crippen LogP contribution in [0.3, 0.4) is 0 Å². The fourth-order valence-corrected chi connectivity index (χ4v) is 3.13. The van der Waals surface area contributed by atoms with E-state index in [0.717, 1.165) is 30.9 Å². The number of nitrogens with zero attached hydrogens (tertiary/aromatic N) is 5. The lowest BCUT2D eigenvalue weighted by atomic mass is 10.2. The minimum absolute atomic E-state index is 0.0959. The van der Waals surface area contributed by atoms with E-state index < -0.39 is 0 Å². The van der Waals surface area contributed by atoms with Crippen molar-refractivity contribution >= 4 is 5.91 Å². The van der Waals surface area contributed by atoms with E-state index in [0.29, 0.717) is 19.0 Å². The van der Waals surface area contributed by atoms with Gasteiger partial charge in [-0.3, -0.25) is 4.79 Å². The van der Waals surface area contributed by atoms with Crippen molar-refractivity contribution in [1.29, 1.82) is 0 Å². The Morgan fingerprint density at radius 1 is 1.36 bits per heavy atom. The summed E-state index contributed by atoms with van der Waals surface area (Å²) in [5, 5.41) is 7.09. The molecule has 1 aliphatic rings. The minimum Gasteiger partial charge on any atom is -0.352 e. The van der Waals surface area contributed by atoms with Crippen molar-refractivity contribution in [3.63, 3.8) is 0 Å². The fraction of sp³-hybridized carbons (Fsp3) is 0.500. The van der Waals surface area contributed by atoms with Gasteiger partial charge in [0.1, 0.15) is 12.7 Å². The average Bonchev–Trinajstić information content (AvgIpc) is 3.30. The standard InChI is InChI=1S/C18H26N6O/c1-22-9-7-17(12-22)23(2)10-8-18(25)20-11-15-3-5-16(6-4-15)24-14-19-13-21-24/h3-6,13-14,17H,7-12H2,1-2H3,(H,20,25)/t17-/m0/s1. The van der Waals surface area contributed by atoms with Crippen LogP contribution in [0, 0.1) is 0 Å². The number of hydrogen-bond acceptors (Lipinski definition) is 5. The Morgan fingerprint density at radius 2 is 2.16 bits per heavy atom. The van der Waals surface area contributed by atoms with Crippen molar-refractivity contribution in [2.75, 3.05) is 33.7 Å². The molecule has 7 nitrogen and oxygen atoms in total. The highest BCUT2D eigenvalue weighted by Gasteiger charge is 2.23. The lowest BCUT2D eigenvalue weighted by Gasteiger charge is -2.23. The molecule has 0 saturated carbocycles. The molecule has 1 aromatic heterocycles. The number of benzene rings is 1. The van der Waals surface area contributed by atoms with Gasteiger partial charge in [-0.2, -0.15) is 5.10 Å². The van der Waals surface area contributed by atoms with Gasteiger partial charge in [-0.1, -0.05) is 12.1 Å². The highest BCUT2D eigenvalue weighted by Crippen LogP contribution is 2.12. The number of likely N-dealkylation sites (tertiary alicyclic amines) is 1. The summed E-state index contributed by atoms with van der Waals surface area (Å²) in [5.74, 6) is 0.0959. The third kappa shape index (κ3) is 4.87. The van der Waals surface area contributed by atoms with Crippen LogP contribution in [0.5, 0.6) is 0 Å². The number of hydrogen-bond donors (Lipinski definition) is 1. The SMILES string of the molecule is CN1CC[C@H](N(C)CCC(=O)NCc2ccc(-n3cncn3)cc2)C1. The predicted octanol–water partition coefficient (Wildman–Crippen LogP) is 0.910. The van der Waals surface area contributed by atoms with E-state index in [9.17, 15) is 4.79 Å². The van der Waals surface area contributed by atoms with Gasteiger partial charge in [0.25, 0.3) is 0 Å². The number of aromatic nitrogens is 3. The monoisotopic (exact) mass is 342 g/mol. The van der Waals surface area contributed by atoms with Crippen LogP contribution < -0.4 is 5.32 Å². The van der Waals surface area contributed by atoms with E-state index in [-0.39, 0.29) is 5.91 Å². The number of amides is 1. The van der Waals surface area contributed by atoms with E-state index in [1.54, 1.807) is 11.0 Å². The molecule has 2 aromatic rings. The van der Waals surface area contributed by atoms with Crippen molar-refractivity contribution in [1.82, 2.24) is 29.9 Å². The molecule has 1 N–H and O–H groups in total. The van der Waals surface area contributed by atoms with E-state index in [1.165, 1.54) is 12.7 Å². The third-order valence-corrected chi connectivity index (χ3v) is 4.79. The van der Waals surface area contributed by atoms with Crippen LogP contribution in [0.4, 0.5) is 0 Å². The Labute approximate surface area is 148 Å². The normalized spacial score (nSPS) is 18.0. The van der Waals surface area contributed by atoms with Crippen LogP contribution in [0.1, 0.15) is 18.4 Å². The maximum Gasteiger partial charge on any atom is 0.221 e. The summed E-state index contributed by atoms with van der Waals surface area (Å²) in [6, 6.07) is 8.51. The Kier molecular flexibility index (Phi) is 5.78. The van der Waals surface area contributed by atoms with Crippen molar-refractivity contribution in [3.8, 4) is 5.69 Å². The minimum atomic E-state index is 0.0959. The van der Waals surface area contributed by atoms with Crippen molar-refractivity contribution < 1.29 is 4.79 Å². The van der Waals surface area contributed by atoms with E-state index >= 15 is 0 Å². The first-order valence-corrected chi connectivity index (χ1v) is 8.71. The average molecular weight is 342 g/mol. The molecule has 134 valence electrons. The van der Waals surface area contributed by atoms with Crippen LogP contribution >= 0.6 is 0 Å². The Hall–Kier alpha value is -2.25. The molecule has 0 radical (unpaired) electrons. The second kappa shape index (κ2) is 8.22. The lowest BCUT2D eigenvalue weighted by Crippen LogP contribution is -2.36. The third-order valence-electron chi connectivity index (χ3n) is 4.79. The topological polar surface area (TPSA) is 66.3 Å². The van der Waals surface area contributed by atoms with Gasteiger partial charge >= 0.3 is 0 Å². The summed E-state index contributed by atoms with van der Waals surface area (Å²) in [6.45, 7) is 3.59. The summed E-state index contributed by atoms with van der Waals surface area (Å²) in [4.78, 5) is 20.7. The van der Waals surface area contributed by atoms with Gasteiger partial charge < -0.3 is 15.1 Å². The van der Waals surface area contributed by atoms with Gasteiger partial charge in [-0.25, -0.2) is 9.67 Å². The van der Waals surface area contributed by atoms with Gasteiger partial charge in [-0.15, -0.1) is 0 Å². The van der Waals surface area contributed by atoms with Gasteiger partial charge in [-0.05, 0) is 44.8 Å². The van der Waals surface area contributed by atoms with Crippen LogP contribution in [0.25, 0.3) is 5.69 Å². The molecule has 7 heteroatoms. The predicted molar refractivity (Wildman–Crippen MR) is 96.4 cm³/mol. The second-order valence-electron chi connectivity index (χ2n) is 6.72. The molecule has 1 amide bonds. The maximum atomic E-state index is 12.1. The summed E-state index contributed by atoms with van der Waals surface area (Å²) in [7, 11) is 4.26. The molecule has 2 heterocycles. The fourth-order valence-electron chi connectivity index (χ4n) is 3.13. The smallest absolute Gasteiger partial charge is 0.221 e. The zero-order chi connectivity index (χ0) is 17.6. The maximum absolute atomic E-state index is 12.1. The number of likely N-dealkylation sites (N-methyl/N-ethyl adjacent to an activating group) is 2. The van der Waals surface area contributed by atoms with Gasteiger partial charge in [0.2, 0.25) is 5.91 Å². The van der Waals surface area contributed by atoms with Gasteiger partial charge in [0.05, 0.1) is 5.69 Å². The quantitative estimate of drug-likeness (QED) is 0.810. The summed E-state index contributed by atoms with van der Waals surface area (Å²) in [6.07, 6.45) is 4.89. The van der Waals surface area contributed by atoms with Crippen molar-refractivity contribution in [2.45, 2.75) is 25.4 Å². The largest absolute Gasteiger partial charge is 0.352 e. The van der Waals surface area contributed by atoms with E-state index in [4.69, 9.17) is 0 Å². The molecule has 3 rings (SSSR count). The highest BCUT2D eigenvalue weighted by molar-refractivity contribution is 5.76. The van der Waals surface area contributed by atoms with Crippen molar-refractivity contribution in [2.24, 2.45) is 0 Å². The van der Waals surface area contributed by atoms with Crippen LogP contribution in [-0.4, -0.2) is 70.2 Å². The Bertz CT molecular complexity index is 669. The highest BCUT2D eigenvalue weighted by atomic mass is 16.1. The molecule has 1 saturated heterocycles. The number of carbonyl (C=O) groups excluding carboxylic acids is 1. The molecule has 1 fully saturated rings. The molecule has 0 unspecified atom stereocenters. The van der Waals surface area contributed by atoms with Crippen LogP contribution in [0.15, 0.2) is 36.9 Å². The van der Waals surface area contributed by atoms with Crippen LogP contribution in [-0.2, 0) is 11.3 Å². The molecular weight excluding hydrogens is 316 g/mol. The Balaban J connectivity index is 1.40. The number of nitrogens with one attached hydrogen (secondary N) is 1. The van der Waals surface area contributed by atoms with Crippen LogP contribution in [0.2, 0.25) is 0 Å². The molecule has 0 aliphatic carbocycles. The summed E-state index contributed by atoms with van der Waals surface area (Å²) < 4.78 is 1.71. The molecular formula is C18H26N6O. The van der Waals surface area contributed by atoms with Gasteiger partial charge in [0.15, 0.2) is 0 Å². The number of carbonyl (C=O) groups is 1. The first-order valence-electron chi connectivity index (χ1n) is 8.71. The van der Waals surface area contributed by atoms with E-state index in [2.05, 4.69) is 39.3 Å². The molecule has 1 atom stereocenters. The summed E-state index contributed by atoms with van der Waals surface area (Å²) in [5.41, 5.74) is 2.03. The van der Waals surface area contributed by atoms with E-state index in [1.807, 2.05) is 24.3 Å². The lowest BCUT2D eigenvalue weighted by molar-refractivity contribution is -0.121. The first-order chi connectivity index (χ1) is 12.1. The molecule has 1 aromatic carbocycles. The van der Waals surface area contributed by atoms with Gasteiger partial charge in [0, 0.05) is 32.1 Å². The molecule has 0 bridgehead atoms. The molecule has 25 heavy (non-hydrogen) atoms. The second-order valence-corrected chi connectivity index (χ2v) is 6.72. The zero-order valence-corrected chi connectivity index (χ0v) is 14.9. The molecule has 1 aliphatic heterocycles. The van der Waals surface area contributed by atoms with Crippen molar-refractivity contribution in [3.05, 3.63) is 42.5 Å². The zero-order valence-electron chi connectivity index (χ0n) is 14.9. The first kappa shape index (κ1) is 17.6. The summed E-state index contributed by atoms with van der Waals surface area (Å²) >= 11 is 0. The number of rotatable bonds is 7. The molecule has 0 spiro atoms. The Morgan fingerprint density at radius 3 is 2.80 bits per heavy atom.